The molecule has 3 aromatic rings. The van der Waals surface area contributed by atoms with Crippen molar-refractivity contribution in [3.8, 4) is 0 Å². The van der Waals surface area contributed by atoms with Crippen LogP contribution in [0.2, 0.25) is 5.02 Å². The summed E-state index contributed by atoms with van der Waals surface area (Å²) in [7, 11) is 0. The number of benzene rings is 2. The van der Waals surface area contributed by atoms with Crippen molar-refractivity contribution in [1.82, 2.24) is 4.90 Å². The van der Waals surface area contributed by atoms with Crippen molar-refractivity contribution in [3.63, 3.8) is 0 Å². The molecule has 6 heteroatoms. The number of fused-ring (bicyclic) bond motifs is 1. The molecule has 134 valence electrons. The topological polar surface area (TPSA) is 56.9 Å². The highest BCUT2D eigenvalue weighted by molar-refractivity contribution is 6.30. The summed E-state index contributed by atoms with van der Waals surface area (Å²) in [5, 5.41) is 10.6. The van der Waals surface area contributed by atoms with Crippen LogP contribution in [0.4, 0.5) is 5.69 Å². The molecule has 2 heterocycles. The van der Waals surface area contributed by atoms with Gasteiger partial charge in [-0.2, -0.15) is 0 Å². The number of aromatic carboxylic acids is 1. The first kappa shape index (κ1) is 16.9. The summed E-state index contributed by atoms with van der Waals surface area (Å²) in [5.41, 5.74) is 2.93. The van der Waals surface area contributed by atoms with Crippen molar-refractivity contribution in [1.29, 1.82) is 0 Å². The van der Waals surface area contributed by atoms with Gasteiger partial charge < -0.3 is 14.4 Å². The van der Waals surface area contributed by atoms with Gasteiger partial charge in [0.25, 0.3) is 0 Å². The van der Waals surface area contributed by atoms with Gasteiger partial charge in [0, 0.05) is 48.8 Å². The fraction of sp³-hybridized carbons (Fsp3) is 0.250. The van der Waals surface area contributed by atoms with E-state index in [1.165, 1.54) is 5.56 Å². The molecular formula is C20H19ClN2O3. The Hall–Kier alpha value is -2.50. The van der Waals surface area contributed by atoms with E-state index in [0.29, 0.717) is 5.58 Å². The molecule has 0 unspecified atom stereocenters. The molecule has 1 N–H and O–H groups in total. The van der Waals surface area contributed by atoms with Crippen LogP contribution in [-0.2, 0) is 6.54 Å². The maximum Gasteiger partial charge on any atom is 0.371 e. The van der Waals surface area contributed by atoms with Crippen LogP contribution in [0.5, 0.6) is 0 Å². The summed E-state index contributed by atoms with van der Waals surface area (Å²) in [6.07, 6.45) is 0. The van der Waals surface area contributed by atoms with Gasteiger partial charge in [-0.25, -0.2) is 4.79 Å². The van der Waals surface area contributed by atoms with E-state index >= 15 is 0 Å². The Morgan fingerprint density at radius 3 is 2.62 bits per heavy atom. The molecule has 1 aliphatic rings. The molecule has 5 nitrogen and oxygen atoms in total. The minimum Gasteiger partial charge on any atom is -0.475 e. The number of carboxylic acid groups (broad SMARTS) is 1. The average Bonchev–Trinajstić information content (AvgIpc) is 3.06. The van der Waals surface area contributed by atoms with Gasteiger partial charge in [0.1, 0.15) is 5.58 Å². The molecule has 0 amide bonds. The largest absolute Gasteiger partial charge is 0.475 e. The molecule has 26 heavy (non-hydrogen) atoms. The fourth-order valence-electron chi connectivity index (χ4n) is 3.39. The first-order chi connectivity index (χ1) is 12.6. The van der Waals surface area contributed by atoms with Gasteiger partial charge in [0.2, 0.25) is 5.76 Å². The second-order valence-corrected chi connectivity index (χ2v) is 6.97. The number of carbonyl (C=O) groups is 1. The van der Waals surface area contributed by atoms with Crippen molar-refractivity contribution >= 4 is 34.2 Å². The molecule has 0 saturated carbocycles. The molecule has 4 rings (SSSR count). The highest BCUT2D eigenvalue weighted by Gasteiger charge is 2.18. The molecule has 1 aliphatic heterocycles. The standard InChI is InChI=1S/C20H19ClN2O3/c21-16-3-1-2-14(10-16)13-22-6-8-23(9-7-22)17-4-5-18-15(11-17)12-19(26-18)20(24)25/h1-5,10-12H,6-9,13H2,(H,24,25). The van der Waals surface area contributed by atoms with E-state index in [2.05, 4.69) is 15.9 Å². The second kappa shape index (κ2) is 7.02. The van der Waals surface area contributed by atoms with E-state index < -0.39 is 5.97 Å². The van der Waals surface area contributed by atoms with Crippen molar-refractivity contribution < 1.29 is 14.3 Å². The zero-order valence-electron chi connectivity index (χ0n) is 14.2. The third kappa shape index (κ3) is 3.54. The number of halogens is 1. The molecule has 1 saturated heterocycles. The van der Waals surface area contributed by atoms with Gasteiger partial charge in [-0.1, -0.05) is 23.7 Å². The second-order valence-electron chi connectivity index (χ2n) is 6.53. The zero-order valence-corrected chi connectivity index (χ0v) is 14.9. The third-order valence-electron chi connectivity index (χ3n) is 4.74. The van der Waals surface area contributed by atoms with E-state index in [1.54, 1.807) is 6.07 Å². The minimum atomic E-state index is -1.04. The normalized spacial score (nSPS) is 15.5. The Labute approximate surface area is 156 Å². The Morgan fingerprint density at radius 1 is 1.08 bits per heavy atom. The van der Waals surface area contributed by atoms with E-state index in [-0.39, 0.29) is 5.76 Å². The third-order valence-corrected chi connectivity index (χ3v) is 4.98. The number of furan rings is 1. The summed E-state index contributed by atoms with van der Waals surface area (Å²) in [4.78, 5) is 15.8. The number of hydrogen-bond acceptors (Lipinski definition) is 4. The molecule has 1 fully saturated rings. The zero-order chi connectivity index (χ0) is 18.1. The van der Waals surface area contributed by atoms with Crippen molar-refractivity contribution in [2.75, 3.05) is 31.1 Å². The van der Waals surface area contributed by atoms with Crippen molar-refractivity contribution in [2.24, 2.45) is 0 Å². The number of rotatable bonds is 4. The van der Waals surface area contributed by atoms with Crippen LogP contribution >= 0.6 is 11.6 Å². The molecule has 0 aliphatic carbocycles. The molecule has 1 aromatic heterocycles. The average molecular weight is 371 g/mol. The smallest absolute Gasteiger partial charge is 0.371 e. The minimum absolute atomic E-state index is 0.0245. The lowest BCUT2D eigenvalue weighted by Gasteiger charge is -2.36. The Morgan fingerprint density at radius 2 is 1.88 bits per heavy atom. The summed E-state index contributed by atoms with van der Waals surface area (Å²) < 4.78 is 5.33. The summed E-state index contributed by atoms with van der Waals surface area (Å²) >= 11 is 6.06. The quantitative estimate of drug-likeness (QED) is 0.749. The van der Waals surface area contributed by atoms with Gasteiger partial charge in [0.15, 0.2) is 0 Å². The highest BCUT2D eigenvalue weighted by atomic mass is 35.5. The van der Waals surface area contributed by atoms with E-state index in [9.17, 15) is 4.79 Å². The molecule has 0 spiro atoms. The predicted molar refractivity (Wildman–Crippen MR) is 102 cm³/mol. The summed E-state index contributed by atoms with van der Waals surface area (Å²) in [6.45, 7) is 4.69. The van der Waals surface area contributed by atoms with E-state index in [4.69, 9.17) is 21.1 Å². The SMILES string of the molecule is O=C(O)c1cc2cc(N3CCN(Cc4cccc(Cl)c4)CC3)ccc2o1. The van der Waals surface area contributed by atoms with Crippen molar-refractivity contribution in [3.05, 3.63) is 64.9 Å². The lowest BCUT2D eigenvalue weighted by molar-refractivity contribution is 0.0665. The fourth-order valence-corrected chi connectivity index (χ4v) is 3.60. The number of piperazine rings is 1. The Kier molecular flexibility index (Phi) is 4.57. The first-order valence-corrected chi connectivity index (χ1v) is 8.95. The number of carboxylic acids is 1. The first-order valence-electron chi connectivity index (χ1n) is 8.57. The maximum atomic E-state index is 11.0. The highest BCUT2D eigenvalue weighted by Crippen LogP contribution is 2.26. The lowest BCUT2D eigenvalue weighted by atomic mass is 10.1. The van der Waals surface area contributed by atoms with Crippen LogP contribution < -0.4 is 4.90 Å². The van der Waals surface area contributed by atoms with E-state index in [0.717, 1.165) is 48.8 Å². The number of anilines is 1. The summed E-state index contributed by atoms with van der Waals surface area (Å²) in [6, 6.07) is 15.4. The van der Waals surface area contributed by atoms with Gasteiger partial charge in [-0.15, -0.1) is 0 Å². The Bertz CT molecular complexity index is 945. The summed E-state index contributed by atoms with van der Waals surface area (Å²) in [5.74, 6) is -1.07. The molecule has 2 aromatic carbocycles. The van der Waals surface area contributed by atoms with Gasteiger partial charge in [-0.3, -0.25) is 4.90 Å². The maximum absolute atomic E-state index is 11.0. The molecule has 0 atom stereocenters. The molecule has 0 bridgehead atoms. The van der Waals surface area contributed by atoms with Gasteiger partial charge in [0.05, 0.1) is 0 Å². The van der Waals surface area contributed by atoms with Crippen LogP contribution in [0.3, 0.4) is 0 Å². The van der Waals surface area contributed by atoms with Crippen LogP contribution in [0, 0.1) is 0 Å². The Balaban J connectivity index is 1.42. The van der Waals surface area contributed by atoms with Crippen LogP contribution in [-0.4, -0.2) is 42.2 Å². The van der Waals surface area contributed by atoms with Crippen molar-refractivity contribution in [2.45, 2.75) is 6.54 Å². The molecule has 0 radical (unpaired) electrons. The lowest BCUT2D eigenvalue weighted by Crippen LogP contribution is -2.45. The molecular weight excluding hydrogens is 352 g/mol. The van der Waals surface area contributed by atoms with Crippen LogP contribution in [0.15, 0.2) is 52.9 Å². The number of hydrogen-bond donors (Lipinski definition) is 1. The number of nitrogens with zero attached hydrogens (tertiary/aromatic N) is 2. The van der Waals surface area contributed by atoms with Crippen LogP contribution in [0.1, 0.15) is 16.1 Å². The van der Waals surface area contributed by atoms with Gasteiger partial charge >= 0.3 is 5.97 Å². The van der Waals surface area contributed by atoms with Crippen LogP contribution in [0.25, 0.3) is 11.0 Å². The predicted octanol–water partition coefficient (Wildman–Crippen LogP) is 4.11. The van der Waals surface area contributed by atoms with Gasteiger partial charge in [-0.05, 0) is 42.0 Å². The van der Waals surface area contributed by atoms with E-state index in [1.807, 2.05) is 36.4 Å². The monoisotopic (exact) mass is 370 g/mol.